The fourth-order valence-electron chi connectivity index (χ4n) is 1.91. The number of aryl methyl sites for hydroxylation is 1. The summed E-state index contributed by atoms with van der Waals surface area (Å²) >= 11 is 3.48. The third-order valence-corrected chi connectivity index (χ3v) is 3.56. The number of halogens is 1. The van der Waals surface area contributed by atoms with Crippen molar-refractivity contribution in [1.29, 1.82) is 0 Å². The lowest BCUT2D eigenvalue weighted by molar-refractivity contribution is 0.276. The molecule has 1 atom stereocenters. The Morgan fingerprint density at radius 3 is 3.05 bits per heavy atom. The van der Waals surface area contributed by atoms with Gasteiger partial charge in [0.2, 0.25) is 0 Å². The molecule has 0 fully saturated rings. The average molecular weight is 339 g/mol. The highest BCUT2D eigenvalue weighted by Crippen LogP contribution is 2.18. The van der Waals surface area contributed by atoms with Crippen LogP contribution in [0.3, 0.4) is 0 Å². The molecule has 0 aliphatic rings. The molecule has 0 amide bonds. The van der Waals surface area contributed by atoms with Gasteiger partial charge in [0.25, 0.3) is 0 Å². The van der Waals surface area contributed by atoms with Crippen LogP contribution < -0.4 is 5.32 Å². The topological polar surface area (TPSA) is 63.0 Å². The van der Waals surface area contributed by atoms with Crippen molar-refractivity contribution >= 4 is 15.9 Å². The van der Waals surface area contributed by atoms with Crippen molar-refractivity contribution < 1.29 is 5.11 Å². The SMILES string of the molecule is CC(NCc1cn(CCCO)nn1)c1cccc(Br)c1. The number of nitrogens with zero attached hydrogens (tertiary/aromatic N) is 3. The summed E-state index contributed by atoms with van der Waals surface area (Å²) in [6.45, 7) is 3.67. The van der Waals surface area contributed by atoms with Gasteiger partial charge in [-0.05, 0) is 31.0 Å². The molecule has 6 heteroatoms. The Labute approximate surface area is 127 Å². The first kappa shape index (κ1) is 15.2. The Bertz CT molecular complexity index is 543. The van der Waals surface area contributed by atoms with Gasteiger partial charge in [0, 0.05) is 36.4 Å². The highest BCUT2D eigenvalue weighted by molar-refractivity contribution is 9.10. The van der Waals surface area contributed by atoms with Gasteiger partial charge in [0.05, 0.1) is 5.69 Å². The van der Waals surface area contributed by atoms with Crippen molar-refractivity contribution in [2.75, 3.05) is 6.61 Å². The quantitative estimate of drug-likeness (QED) is 0.812. The van der Waals surface area contributed by atoms with Gasteiger partial charge in [0.1, 0.15) is 0 Å². The normalized spacial score (nSPS) is 12.6. The number of hydrogen-bond donors (Lipinski definition) is 2. The molecular weight excluding hydrogens is 320 g/mol. The maximum absolute atomic E-state index is 8.78. The monoisotopic (exact) mass is 338 g/mol. The van der Waals surface area contributed by atoms with Crippen LogP contribution >= 0.6 is 15.9 Å². The van der Waals surface area contributed by atoms with Gasteiger partial charge in [-0.15, -0.1) is 5.10 Å². The molecule has 0 aliphatic heterocycles. The zero-order valence-corrected chi connectivity index (χ0v) is 13.0. The van der Waals surface area contributed by atoms with E-state index in [1.54, 1.807) is 4.68 Å². The highest BCUT2D eigenvalue weighted by atomic mass is 79.9. The van der Waals surface area contributed by atoms with Gasteiger partial charge in [-0.1, -0.05) is 33.3 Å². The van der Waals surface area contributed by atoms with Gasteiger partial charge in [-0.25, -0.2) is 0 Å². The summed E-state index contributed by atoms with van der Waals surface area (Å²) in [6, 6.07) is 8.50. The van der Waals surface area contributed by atoms with Crippen LogP contribution in [0.1, 0.15) is 30.6 Å². The van der Waals surface area contributed by atoms with Crippen LogP contribution in [0.4, 0.5) is 0 Å². The molecule has 2 N–H and O–H groups in total. The Morgan fingerprint density at radius 2 is 2.30 bits per heavy atom. The van der Waals surface area contributed by atoms with Crippen LogP contribution in [0.5, 0.6) is 0 Å². The number of aliphatic hydroxyl groups is 1. The van der Waals surface area contributed by atoms with Crippen molar-refractivity contribution in [1.82, 2.24) is 20.3 Å². The van der Waals surface area contributed by atoms with Crippen molar-refractivity contribution in [2.24, 2.45) is 0 Å². The molecule has 5 nitrogen and oxygen atoms in total. The van der Waals surface area contributed by atoms with Crippen LogP contribution in [0.25, 0.3) is 0 Å². The molecule has 20 heavy (non-hydrogen) atoms. The predicted molar refractivity (Wildman–Crippen MR) is 81.1 cm³/mol. The summed E-state index contributed by atoms with van der Waals surface area (Å²) in [5, 5.41) is 20.3. The van der Waals surface area contributed by atoms with Crippen molar-refractivity contribution in [3.8, 4) is 0 Å². The van der Waals surface area contributed by atoms with Gasteiger partial charge < -0.3 is 10.4 Å². The van der Waals surface area contributed by atoms with E-state index in [1.165, 1.54) is 5.56 Å². The maximum Gasteiger partial charge on any atom is 0.0965 e. The molecule has 1 heterocycles. The van der Waals surface area contributed by atoms with Gasteiger partial charge in [-0.2, -0.15) is 0 Å². The van der Waals surface area contributed by atoms with E-state index in [4.69, 9.17) is 5.11 Å². The third kappa shape index (κ3) is 4.40. The second-order valence-corrected chi connectivity index (χ2v) is 5.62. The lowest BCUT2D eigenvalue weighted by atomic mass is 10.1. The Morgan fingerprint density at radius 1 is 1.45 bits per heavy atom. The van der Waals surface area contributed by atoms with Crippen LogP contribution in [0.2, 0.25) is 0 Å². The summed E-state index contributed by atoms with van der Waals surface area (Å²) in [5.74, 6) is 0. The molecule has 0 aliphatic carbocycles. The largest absolute Gasteiger partial charge is 0.396 e. The number of aromatic nitrogens is 3. The minimum Gasteiger partial charge on any atom is -0.396 e. The van der Waals surface area contributed by atoms with Gasteiger partial charge in [-0.3, -0.25) is 4.68 Å². The number of hydrogen-bond acceptors (Lipinski definition) is 4. The molecule has 0 spiro atoms. The average Bonchev–Trinajstić information content (AvgIpc) is 2.90. The Hall–Kier alpha value is -1.24. The number of rotatable bonds is 7. The summed E-state index contributed by atoms with van der Waals surface area (Å²) < 4.78 is 2.84. The van der Waals surface area contributed by atoms with Crippen LogP contribution in [-0.4, -0.2) is 26.7 Å². The number of nitrogens with one attached hydrogen (secondary N) is 1. The van der Waals surface area contributed by atoms with Crippen LogP contribution in [0, 0.1) is 0 Å². The molecule has 0 bridgehead atoms. The van der Waals surface area contributed by atoms with Crippen LogP contribution in [0.15, 0.2) is 34.9 Å². The Balaban J connectivity index is 1.86. The molecular formula is C14H19BrN4O. The van der Waals surface area contributed by atoms with Gasteiger partial charge in [0.15, 0.2) is 0 Å². The molecule has 2 aromatic rings. The van der Waals surface area contributed by atoms with E-state index in [1.807, 2.05) is 18.3 Å². The smallest absolute Gasteiger partial charge is 0.0965 e. The molecule has 0 radical (unpaired) electrons. The first-order valence-electron chi connectivity index (χ1n) is 6.68. The molecule has 2 rings (SSSR count). The second kappa shape index (κ2) is 7.52. The lowest BCUT2D eigenvalue weighted by Gasteiger charge is -2.13. The van der Waals surface area contributed by atoms with E-state index in [-0.39, 0.29) is 12.6 Å². The van der Waals surface area contributed by atoms with E-state index >= 15 is 0 Å². The van der Waals surface area contributed by atoms with Gasteiger partial charge >= 0.3 is 0 Å². The molecule has 1 aromatic carbocycles. The molecule has 108 valence electrons. The number of benzene rings is 1. The highest BCUT2D eigenvalue weighted by Gasteiger charge is 2.07. The fourth-order valence-corrected chi connectivity index (χ4v) is 2.33. The Kier molecular flexibility index (Phi) is 5.70. The zero-order valence-electron chi connectivity index (χ0n) is 11.5. The molecule has 1 unspecified atom stereocenters. The molecule has 0 saturated heterocycles. The molecule has 0 saturated carbocycles. The van der Waals surface area contributed by atoms with Crippen molar-refractivity contribution in [3.63, 3.8) is 0 Å². The van der Waals surface area contributed by atoms with E-state index in [0.29, 0.717) is 19.5 Å². The minimum absolute atomic E-state index is 0.174. The first-order chi connectivity index (χ1) is 9.69. The summed E-state index contributed by atoms with van der Waals surface area (Å²) in [5.41, 5.74) is 2.14. The fraction of sp³-hybridized carbons (Fsp3) is 0.429. The minimum atomic E-state index is 0.174. The second-order valence-electron chi connectivity index (χ2n) is 4.71. The van der Waals surface area contributed by atoms with E-state index in [9.17, 15) is 0 Å². The van der Waals surface area contributed by atoms with E-state index in [2.05, 4.69) is 50.6 Å². The summed E-state index contributed by atoms with van der Waals surface area (Å²) in [4.78, 5) is 0. The third-order valence-electron chi connectivity index (χ3n) is 3.07. The number of aliphatic hydroxyl groups excluding tert-OH is 1. The van der Waals surface area contributed by atoms with Crippen LogP contribution in [-0.2, 0) is 13.1 Å². The van der Waals surface area contributed by atoms with Crippen molar-refractivity contribution in [3.05, 3.63) is 46.2 Å². The van der Waals surface area contributed by atoms with E-state index < -0.39 is 0 Å². The lowest BCUT2D eigenvalue weighted by Crippen LogP contribution is -2.18. The standard InChI is InChI=1S/C14H19BrN4O/c1-11(12-4-2-5-13(15)8-12)16-9-14-10-19(18-17-14)6-3-7-20/h2,4-5,8,10-11,16,20H,3,6-7,9H2,1H3. The summed E-state index contributed by atoms with van der Waals surface area (Å²) in [7, 11) is 0. The predicted octanol–water partition coefficient (Wildman–Crippen LogP) is 2.27. The first-order valence-corrected chi connectivity index (χ1v) is 7.47. The van der Waals surface area contributed by atoms with Crippen molar-refractivity contribution in [2.45, 2.75) is 32.5 Å². The maximum atomic E-state index is 8.78. The zero-order chi connectivity index (χ0) is 14.4. The van der Waals surface area contributed by atoms with E-state index in [0.717, 1.165) is 10.2 Å². The summed E-state index contributed by atoms with van der Waals surface area (Å²) in [6.07, 6.45) is 2.61. The molecule has 1 aromatic heterocycles.